The predicted octanol–water partition coefficient (Wildman–Crippen LogP) is 2.89. The zero-order chi connectivity index (χ0) is 15.4. The van der Waals surface area contributed by atoms with Gasteiger partial charge in [0.15, 0.2) is 5.13 Å². The quantitative estimate of drug-likeness (QED) is 0.753. The van der Waals surface area contributed by atoms with E-state index < -0.39 is 0 Å². The van der Waals surface area contributed by atoms with E-state index in [9.17, 15) is 0 Å². The molecule has 1 fully saturated rings. The normalized spacial score (nSPS) is 17.4. The standard InChI is InChI=1S/C15H14N6OS/c1-8-2-5-16-13(18-8)20-14-19-11-9-6-17-21-12(9)15(3-4-15)22-7-10(11)23-14/h2,5-6H,3-4,7H2,1H3,(H,17,21)(H,16,18,19,20). The molecular weight excluding hydrogens is 312 g/mol. The van der Waals surface area contributed by atoms with Crippen LogP contribution in [0.3, 0.4) is 0 Å². The van der Waals surface area contributed by atoms with Crippen molar-refractivity contribution < 1.29 is 4.74 Å². The molecule has 0 radical (unpaired) electrons. The highest BCUT2D eigenvalue weighted by Gasteiger charge is 2.50. The van der Waals surface area contributed by atoms with Gasteiger partial charge in [-0.25, -0.2) is 15.0 Å². The van der Waals surface area contributed by atoms with Gasteiger partial charge in [0, 0.05) is 17.5 Å². The van der Waals surface area contributed by atoms with Gasteiger partial charge in [-0.2, -0.15) is 5.10 Å². The number of aromatic amines is 1. The molecule has 2 N–H and O–H groups in total. The molecule has 23 heavy (non-hydrogen) atoms. The molecule has 5 rings (SSSR count). The highest BCUT2D eigenvalue weighted by molar-refractivity contribution is 7.16. The molecule has 0 amide bonds. The van der Waals surface area contributed by atoms with Crippen LogP contribution in [0, 0.1) is 6.92 Å². The Balaban J connectivity index is 1.54. The van der Waals surface area contributed by atoms with Crippen molar-refractivity contribution in [1.29, 1.82) is 0 Å². The second kappa shape index (κ2) is 4.59. The average molecular weight is 326 g/mol. The molecule has 7 nitrogen and oxygen atoms in total. The summed E-state index contributed by atoms with van der Waals surface area (Å²) in [7, 11) is 0. The Hall–Kier alpha value is -2.32. The van der Waals surface area contributed by atoms with E-state index in [0.29, 0.717) is 12.6 Å². The van der Waals surface area contributed by atoms with Crippen molar-refractivity contribution in [2.24, 2.45) is 0 Å². The van der Waals surface area contributed by atoms with Gasteiger partial charge < -0.3 is 10.1 Å². The van der Waals surface area contributed by atoms with Crippen LogP contribution in [0.4, 0.5) is 11.1 Å². The van der Waals surface area contributed by atoms with E-state index >= 15 is 0 Å². The Morgan fingerprint density at radius 2 is 2.26 bits per heavy atom. The summed E-state index contributed by atoms with van der Waals surface area (Å²) in [6.45, 7) is 2.51. The van der Waals surface area contributed by atoms with E-state index in [0.717, 1.165) is 45.5 Å². The molecule has 2 aliphatic rings. The topological polar surface area (TPSA) is 88.6 Å². The predicted molar refractivity (Wildman–Crippen MR) is 85.4 cm³/mol. The van der Waals surface area contributed by atoms with Crippen LogP contribution >= 0.6 is 11.3 Å². The Morgan fingerprint density at radius 3 is 3.09 bits per heavy atom. The summed E-state index contributed by atoms with van der Waals surface area (Å²) >= 11 is 1.58. The van der Waals surface area contributed by atoms with Crippen molar-refractivity contribution in [3.05, 3.63) is 34.7 Å². The van der Waals surface area contributed by atoms with E-state index in [2.05, 4.69) is 25.5 Å². The lowest BCUT2D eigenvalue weighted by Gasteiger charge is -2.12. The first kappa shape index (κ1) is 13.1. The van der Waals surface area contributed by atoms with Gasteiger partial charge >= 0.3 is 0 Å². The maximum Gasteiger partial charge on any atom is 0.229 e. The first-order valence-electron chi connectivity index (χ1n) is 7.48. The maximum absolute atomic E-state index is 6.14. The highest BCUT2D eigenvalue weighted by atomic mass is 32.1. The van der Waals surface area contributed by atoms with E-state index in [1.807, 2.05) is 19.2 Å². The minimum Gasteiger partial charge on any atom is -0.363 e. The largest absolute Gasteiger partial charge is 0.363 e. The molecule has 116 valence electrons. The third-order valence-corrected chi connectivity index (χ3v) is 5.19. The van der Waals surface area contributed by atoms with E-state index in [-0.39, 0.29) is 5.60 Å². The monoisotopic (exact) mass is 326 g/mol. The number of thiazole rings is 1. The highest BCUT2D eigenvalue weighted by Crippen LogP contribution is 2.54. The van der Waals surface area contributed by atoms with E-state index in [1.165, 1.54) is 0 Å². The SMILES string of the molecule is Cc1ccnc(Nc2nc3c(s2)COC2(CC2)c2[nH]ncc2-3)n1. The number of aromatic nitrogens is 5. The molecule has 1 aliphatic heterocycles. The van der Waals surface area contributed by atoms with E-state index in [4.69, 9.17) is 9.72 Å². The number of fused-ring (bicyclic) bond motifs is 4. The Kier molecular flexibility index (Phi) is 2.62. The number of rotatable bonds is 2. The van der Waals surface area contributed by atoms with Crippen LogP contribution in [0.1, 0.15) is 29.1 Å². The van der Waals surface area contributed by atoms with Crippen molar-refractivity contribution in [2.75, 3.05) is 5.32 Å². The van der Waals surface area contributed by atoms with Crippen molar-refractivity contribution in [2.45, 2.75) is 32.0 Å². The minimum atomic E-state index is -0.167. The molecule has 8 heteroatoms. The molecule has 1 spiro atoms. The fourth-order valence-corrected chi connectivity index (χ4v) is 3.80. The number of anilines is 2. The van der Waals surface area contributed by atoms with Crippen molar-refractivity contribution in [3.63, 3.8) is 0 Å². The first-order valence-corrected chi connectivity index (χ1v) is 8.30. The van der Waals surface area contributed by atoms with Crippen LogP contribution in [0.15, 0.2) is 18.5 Å². The molecule has 3 aromatic heterocycles. The summed E-state index contributed by atoms with van der Waals surface area (Å²) in [6, 6.07) is 1.86. The summed E-state index contributed by atoms with van der Waals surface area (Å²) in [5.74, 6) is 0.556. The molecule has 0 atom stereocenters. The molecule has 0 bridgehead atoms. The van der Waals surface area contributed by atoms with Crippen LogP contribution in [-0.2, 0) is 16.9 Å². The van der Waals surface area contributed by atoms with Gasteiger partial charge in [0.05, 0.1) is 29.1 Å². The van der Waals surface area contributed by atoms with Gasteiger partial charge in [-0.3, -0.25) is 5.10 Å². The Labute approximate surface area is 136 Å². The zero-order valence-electron chi connectivity index (χ0n) is 12.5. The van der Waals surface area contributed by atoms with Gasteiger partial charge in [0.25, 0.3) is 0 Å². The molecule has 1 saturated carbocycles. The lowest BCUT2D eigenvalue weighted by atomic mass is 10.1. The Morgan fingerprint density at radius 1 is 1.35 bits per heavy atom. The maximum atomic E-state index is 6.14. The second-order valence-corrected chi connectivity index (χ2v) is 6.96. The molecular formula is C15H14N6OS. The number of H-pyrrole nitrogens is 1. The van der Waals surface area contributed by atoms with Gasteiger partial charge in [-0.05, 0) is 25.8 Å². The van der Waals surface area contributed by atoms with Crippen molar-refractivity contribution >= 4 is 22.4 Å². The summed E-state index contributed by atoms with van der Waals surface area (Å²) in [5.41, 5.74) is 3.79. The second-order valence-electron chi connectivity index (χ2n) is 5.88. The molecule has 0 saturated heterocycles. The number of aryl methyl sites for hydroxylation is 1. The number of nitrogens with one attached hydrogen (secondary N) is 2. The van der Waals surface area contributed by atoms with Crippen LogP contribution in [0.5, 0.6) is 0 Å². The van der Waals surface area contributed by atoms with Crippen LogP contribution in [0.25, 0.3) is 11.3 Å². The summed E-state index contributed by atoms with van der Waals surface area (Å²) in [4.78, 5) is 14.4. The van der Waals surface area contributed by atoms with Gasteiger partial charge in [-0.1, -0.05) is 11.3 Å². The smallest absolute Gasteiger partial charge is 0.229 e. The third kappa shape index (κ3) is 2.06. The number of hydrogen-bond acceptors (Lipinski definition) is 7. The van der Waals surface area contributed by atoms with Crippen LogP contribution in [0.2, 0.25) is 0 Å². The van der Waals surface area contributed by atoms with Crippen molar-refractivity contribution in [1.82, 2.24) is 25.1 Å². The molecule has 1 aliphatic carbocycles. The van der Waals surface area contributed by atoms with Gasteiger partial charge in [-0.15, -0.1) is 0 Å². The lowest BCUT2D eigenvalue weighted by Crippen LogP contribution is -2.11. The van der Waals surface area contributed by atoms with E-state index in [1.54, 1.807) is 17.5 Å². The summed E-state index contributed by atoms with van der Waals surface area (Å²) < 4.78 is 6.14. The average Bonchev–Trinajstić information content (AvgIpc) is 3.01. The minimum absolute atomic E-state index is 0.167. The lowest BCUT2D eigenvalue weighted by molar-refractivity contribution is 0.0180. The first-order chi connectivity index (χ1) is 11.2. The van der Waals surface area contributed by atoms with Crippen molar-refractivity contribution in [3.8, 4) is 11.3 Å². The Bertz CT molecular complexity index is 897. The fraction of sp³-hybridized carbons (Fsp3) is 0.333. The zero-order valence-corrected chi connectivity index (χ0v) is 13.3. The molecule has 0 aromatic carbocycles. The molecule has 4 heterocycles. The number of nitrogens with zero attached hydrogens (tertiary/aromatic N) is 4. The molecule has 0 unspecified atom stereocenters. The third-order valence-electron chi connectivity index (χ3n) is 4.24. The van der Waals surface area contributed by atoms with Gasteiger partial charge in [0.2, 0.25) is 5.95 Å². The molecule has 3 aromatic rings. The number of ether oxygens (including phenoxy) is 1. The van der Waals surface area contributed by atoms with Crippen LogP contribution in [-0.4, -0.2) is 25.1 Å². The fourth-order valence-electron chi connectivity index (χ4n) is 2.91. The number of hydrogen-bond donors (Lipinski definition) is 2. The summed E-state index contributed by atoms with van der Waals surface area (Å²) in [6.07, 6.45) is 5.66. The van der Waals surface area contributed by atoms with Gasteiger partial charge in [0.1, 0.15) is 5.60 Å². The summed E-state index contributed by atoms with van der Waals surface area (Å²) in [5, 5.41) is 11.2. The van der Waals surface area contributed by atoms with Crippen LogP contribution < -0.4 is 5.32 Å².